The first-order valence-corrected chi connectivity index (χ1v) is 10.9. The van der Waals surface area contributed by atoms with Gasteiger partial charge in [-0.3, -0.25) is 4.79 Å². The maximum absolute atomic E-state index is 13.1. The Balaban J connectivity index is 1.66. The number of nitrogen functional groups attached to an aromatic ring is 1. The number of Topliss-reactive ketones (excluding diaryl/α,β-unsaturated/α-hetero) is 1. The van der Waals surface area contributed by atoms with E-state index >= 15 is 0 Å². The number of hydrogen-bond donors (Lipinski definition) is 2. The average Bonchev–Trinajstić information content (AvgIpc) is 2.83. The zero-order valence-corrected chi connectivity index (χ0v) is 18.3. The van der Waals surface area contributed by atoms with E-state index in [0.717, 1.165) is 35.2 Å². The van der Waals surface area contributed by atoms with Crippen molar-refractivity contribution in [3.63, 3.8) is 0 Å². The molecular weight excluding hydrogens is 410 g/mol. The van der Waals surface area contributed by atoms with Crippen LogP contribution in [0.2, 0.25) is 0 Å². The molecule has 0 radical (unpaired) electrons. The van der Waals surface area contributed by atoms with Gasteiger partial charge in [-0.15, -0.1) is 0 Å². The molecular formula is C23H27N5O4. The van der Waals surface area contributed by atoms with Crippen molar-refractivity contribution in [1.82, 2.24) is 9.97 Å². The standard InChI is InChI=1S/C23H27N5O4/c1-30-16-7-6-13(12-17(16)31-2)18-19-14(4-3-5-15(19)29)25-22-20(18)21(24)26-23(27-22)28-8-10-32-11-9-28/h6-7,12,18H,3-5,8-11H2,1-2H3,(H3,24,25,26,27)/t18-/m1/s1. The smallest absolute Gasteiger partial charge is 0.229 e. The predicted octanol–water partition coefficient (Wildman–Crippen LogP) is 2.48. The van der Waals surface area contributed by atoms with Gasteiger partial charge in [0.05, 0.1) is 27.4 Å². The van der Waals surface area contributed by atoms with Crippen LogP contribution >= 0.6 is 0 Å². The van der Waals surface area contributed by atoms with E-state index in [4.69, 9.17) is 24.9 Å². The van der Waals surface area contributed by atoms with E-state index in [0.29, 0.717) is 61.8 Å². The van der Waals surface area contributed by atoms with Crippen LogP contribution in [-0.4, -0.2) is 56.3 Å². The van der Waals surface area contributed by atoms with Crippen molar-refractivity contribution in [3.05, 3.63) is 40.6 Å². The Labute approximate surface area is 186 Å². The Morgan fingerprint density at radius 2 is 1.91 bits per heavy atom. The summed E-state index contributed by atoms with van der Waals surface area (Å²) in [7, 11) is 3.20. The van der Waals surface area contributed by atoms with E-state index in [1.54, 1.807) is 14.2 Å². The fourth-order valence-corrected chi connectivity index (χ4v) is 4.74. The van der Waals surface area contributed by atoms with E-state index in [2.05, 4.69) is 15.2 Å². The van der Waals surface area contributed by atoms with E-state index in [1.165, 1.54) is 0 Å². The average molecular weight is 438 g/mol. The van der Waals surface area contributed by atoms with Gasteiger partial charge in [-0.2, -0.15) is 9.97 Å². The number of morpholine rings is 1. The minimum absolute atomic E-state index is 0.126. The number of anilines is 3. The highest BCUT2D eigenvalue weighted by molar-refractivity contribution is 6.01. The molecule has 5 rings (SSSR count). The van der Waals surface area contributed by atoms with Gasteiger partial charge >= 0.3 is 0 Å². The molecule has 0 amide bonds. The molecule has 2 aromatic rings. The first kappa shape index (κ1) is 20.6. The number of allylic oxidation sites excluding steroid dienone is 2. The largest absolute Gasteiger partial charge is 0.493 e. The second-order valence-electron chi connectivity index (χ2n) is 8.11. The quantitative estimate of drug-likeness (QED) is 0.745. The van der Waals surface area contributed by atoms with Crippen LogP contribution in [0.4, 0.5) is 17.6 Å². The lowest BCUT2D eigenvalue weighted by Crippen LogP contribution is -2.38. The zero-order valence-electron chi connectivity index (χ0n) is 18.3. The number of methoxy groups -OCH3 is 2. The summed E-state index contributed by atoms with van der Waals surface area (Å²) in [6.45, 7) is 2.69. The molecule has 1 aromatic heterocycles. The highest BCUT2D eigenvalue weighted by Gasteiger charge is 2.38. The number of carbonyl (C=O) groups is 1. The molecule has 3 N–H and O–H groups in total. The molecule has 1 aliphatic carbocycles. The third-order valence-electron chi connectivity index (χ3n) is 6.30. The van der Waals surface area contributed by atoms with Gasteiger partial charge in [0.15, 0.2) is 17.3 Å². The van der Waals surface area contributed by atoms with E-state index < -0.39 is 0 Å². The van der Waals surface area contributed by atoms with Gasteiger partial charge in [0.1, 0.15) is 11.6 Å². The van der Waals surface area contributed by atoms with Crippen molar-refractivity contribution in [2.75, 3.05) is 56.5 Å². The molecule has 32 heavy (non-hydrogen) atoms. The van der Waals surface area contributed by atoms with Crippen molar-refractivity contribution in [2.24, 2.45) is 0 Å². The number of hydrogen-bond acceptors (Lipinski definition) is 9. The first-order valence-electron chi connectivity index (χ1n) is 10.9. The molecule has 0 spiro atoms. The van der Waals surface area contributed by atoms with Gasteiger partial charge < -0.3 is 30.2 Å². The van der Waals surface area contributed by atoms with E-state index in [-0.39, 0.29) is 11.7 Å². The molecule has 2 aliphatic heterocycles. The Morgan fingerprint density at radius 3 is 2.66 bits per heavy atom. The summed E-state index contributed by atoms with van der Waals surface area (Å²) in [4.78, 5) is 24.6. The van der Waals surface area contributed by atoms with Crippen LogP contribution in [0.25, 0.3) is 0 Å². The molecule has 1 aromatic carbocycles. The van der Waals surface area contributed by atoms with Crippen molar-refractivity contribution < 1.29 is 19.0 Å². The highest BCUT2D eigenvalue weighted by atomic mass is 16.5. The summed E-state index contributed by atoms with van der Waals surface area (Å²) in [5.74, 6) is 2.59. The molecule has 3 aliphatic rings. The summed E-state index contributed by atoms with van der Waals surface area (Å²) in [5, 5.41) is 3.41. The maximum atomic E-state index is 13.1. The van der Waals surface area contributed by atoms with Crippen LogP contribution in [0.1, 0.15) is 36.3 Å². The zero-order chi connectivity index (χ0) is 22.2. The van der Waals surface area contributed by atoms with Gasteiger partial charge in [-0.1, -0.05) is 6.07 Å². The maximum Gasteiger partial charge on any atom is 0.229 e. The summed E-state index contributed by atoms with van der Waals surface area (Å²) in [5.41, 5.74) is 9.81. The summed E-state index contributed by atoms with van der Waals surface area (Å²) >= 11 is 0. The van der Waals surface area contributed by atoms with Gasteiger partial charge in [0, 0.05) is 42.3 Å². The van der Waals surface area contributed by atoms with Crippen LogP contribution in [0.5, 0.6) is 11.5 Å². The minimum Gasteiger partial charge on any atom is -0.493 e. The molecule has 9 nitrogen and oxygen atoms in total. The number of benzene rings is 1. The number of ketones is 1. The molecule has 1 atom stereocenters. The van der Waals surface area contributed by atoms with Crippen LogP contribution in [0.15, 0.2) is 29.5 Å². The molecule has 3 heterocycles. The lowest BCUT2D eigenvalue weighted by molar-refractivity contribution is -0.116. The lowest BCUT2D eigenvalue weighted by atomic mass is 9.76. The number of nitrogens with one attached hydrogen (secondary N) is 1. The van der Waals surface area contributed by atoms with Crippen molar-refractivity contribution in [2.45, 2.75) is 25.2 Å². The normalized spacial score (nSPS) is 20.4. The Hall–Kier alpha value is -3.33. The molecule has 1 fully saturated rings. The minimum atomic E-state index is -0.368. The van der Waals surface area contributed by atoms with Gasteiger partial charge in [-0.05, 0) is 30.5 Å². The van der Waals surface area contributed by atoms with Crippen LogP contribution in [-0.2, 0) is 9.53 Å². The second kappa shape index (κ2) is 8.31. The predicted molar refractivity (Wildman–Crippen MR) is 120 cm³/mol. The first-order chi connectivity index (χ1) is 15.6. The fraction of sp³-hybridized carbons (Fsp3) is 0.435. The Kier molecular flexibility index (Phi) is 5.34. The van der Waals surface area contributed by atoms with E-state index in [9.17, 15) is 4.79 Å². The molecule has 9 heteroatoms. The highest BCUT2D eigenvalue weighted by Crippen LogP contribution is 2.48. The van der Waals surface area contributed by atoms with Gasteiger partial charge in [-0.25, -0.2) is 0 Å². The third-order valence-corrected chi connectivity index (χ3v) is 6.30. The summed E-state index contributed by atoms with van der Waals surface area (Å²) < 4.78 is 16.4. The monoisotopic (exact) mass is 437 g/mol. The van der Waals surface area contributed by atoms with Gasteiger partial charge in [0.2, 0.25) is 5.95 Å². The second-order valence-corrected chi connectivity index (χ2v) is 8.11. The molecule has 168 valence electrons. The molecule has 0 saturated carbocycles. The van der Waals surface area contributed by atoms with Crippen molar-refractivity contribution in [3.8, 4) is 11.5 Å². The Bertz CT molecular complexity index is 1090. The number of aromatic nitrogens is 2. The summed E-state index contributed by atoms with van der Waals surface area (Å²) in [6.07, 6.45) is 2.13. The molecule has 1 saturated heterocycles. The van der Waals surface area contributed by atoms with Crippen LogP contribution in [0, 0.1) is 0 Å². The van der Waals surface area contributed by atoms with Crippen molar-refractivity contribution in [1.29, 1.82) is 0 Å². The number of nitrogens with two attached hydrogens (primary N) is 1. The van der Waals surface area contributed by atoms with Crippen molar-refractivity contribution >= 4 is 23.4 Å². The number of ether oxygens (including phenoxy) is 3. The fourth-order valence-electron chi connectivity index (χ4n) is 4.74. The van der Waals surface area contributed by atoms with Gasteiger partial charge in [0.25, 0.3) is 0 Å². The molecule has 0 unspecified atom stereocenters. The van der Waals surface area contributed by atoms with E-state index in [1.807, 2.05) is 18.2 Å². The lowest BCUT2D eigenvalue weighted by Gasteiger charge is -2.35. The van der Waals surface area contributed by atoms with Crippen LogP contribution in [0.3, 0.4) is 0 Å². The topological polar surface area (TPSA) is 112 Å². The summed E-state index contributed by atoms with van der Waals surface area (Å²) in [6, 6.07) is 5.70. The number of carbonyl (C=O) groups excluding carboxylic acids is 1. The Morgan fingerprint density at radius 1 is 1.12 bits per heavy atom. The molecule has 0 bridgehead atoms. The SMILES string of the molecule is COc1ccc([C@@H]2C3=C(CCCC3=O)Nc3nc(N4CCOCC4)nc(N)c32)cc1OC. The number of nitrogens with zero attached hydrogens (tertiary/aromatic N) is 3. The number of rotatable bonds is 4. The number of fused-ring (bicyclic) bond motifs is 1. The third kappa shape index (κ3) is 3.42. The van der Waals surface area contributed by atoms with Crippen LogP contribution < -0.4 is 25.4 Å².